The molecule has 142 valence electrons. The van der Waals surface area contributed by atoms with Gasteiger partial charge in [-0.05, 0) is 62.9 Å². The normalized spacial score (nSPS) is 18.4. The minimum absolute atomic E-state index is 0.0906. The summed E-state index contributed by atoms with van der Waals surface area (Å²) in [5.74, 6) is 0.188. The van der Waals surface area contributed by atoms with Crippen molar-refractivity contribution in [2.75, 3.05) is 11.9 Å². The molecule has 0 fully saturated rings. The van der Waals surface area contributed by atoms with E-state index in [1.54, 1.807) is 18.3 Å². The summed E-state index contributed by atoms with van der Waals surface area (Å²) >= 11 is 6.49. The van der Waals surface area contributed by atoms with Crippen LogP contribution in [0, 0.1) is 6.92 Å². The predicted octanol–water partition coefficient (Wildman–Crippen LogP) is 5.13. The minimum atomic E-state index is -0.241. The molecule has 1 amide bonds. The van der Waals surface area contributed by atoms with Crippen LogP contribution in [-0.4, -0.2) is 24.7 Å². The molecule has 1 aliphatic heterocycles. The lowest BCUT2D eigenvalue weighted by molar-refractivity contribution is 0.0955. The Kier molecular flexibility index (Phi) is 5.29. The van der Waals surface area contributed by atoms with Gasteiger partial charge in [0.1, 0.15) is 0 Å². The zero-order chi connectivity index (χ0) is 19.8. The molecule has 0 saturated carbocycles. The second-order valence-corrected chi connectivity index (χ2v) is 8.38. The van der Waals surface area contributed by atoms with Crippen LogP contribution >= 0.6 is 11.6 Å². The van der Waals surface area contributed by atoms with Gasteiger partial charge >= 0.3 is 0 Å². The minimum Gasteiger partial charge on any atom is -0.369 e. The molecular weight excluding hydrogens is 358 g/mol. The average Bonchev–Trinajstić information content (AvgIpc) is 2.61. The van der Waals surface area contributed by atoms with E-state index >= 15 is 0 Å². The fraction of sp³-hybridized carbons (Fsp3) is 0.364. The van der Waals surface area contributed by atoms with Crippen LogP contribution in [0.5, 0.6) is 0 Å². The molecule has 0 spiro atoms. The molecule has 1 N–H and O–H groups in total. The van der Waals surface area contributed by atoms with E-state index in [1.807, 2.05) is 25.1 Å². The lowest BCUT2D eigenvalue weighted by atomic mass is 9.80. The van der Waals surface area contributed by atoms with Gasteiger partial charge < -0.3 is 4.90 Å². The Hall–Kier alpha value is -2.33. The maximum Gasteiger partial charge on any atom is 0.271 e. The van der Waals surface area contributed by atoms with Crippen molar-refractivity contribution in [3.8, 4) is 0 Å². The van der Waals surface area contributed by atoms with E-state index in [0.717, 1.165) is 23.2 Å². The summed E-state index contributed by atoms with van der Waals surface area (Å²) < 4.78 is 0. The van der Waals surface area contributed by atoms with Crippen LogP contribution in [0.1, 0.15) is 60.2 Å². The summed E-state index contributed by atoms with van der Waals surface area (Å²) in [6, 6.07) is 11.4. The molecule has 0 radical (unpaired) electrons. The van der Waals surface area contributed by atoms with E-state index in [0.29, 0.717) is 16.5 Å². The lowest BCUT2D eigenvalue weighted by Crippen LogP contribution is -2.45. The highest BCUT2D eigenvalue weighted by atomic mass is 35.5. The quantitative estimate of drug-likeness (QED) is 0.589. The van der Waals surface area contributed by atoms with Gasteiger partial charge in [-0.2, -0.15) is 5.10 Å². The largest absolute Gasteiger partial charge is 0.369 e. The first-order chi connectivity index (χ1) is 12.7. The first-order valence-corrected chi connectivity index (χ1v) is 9.54. The maximum atomic E-state index is 12.2. The maximum absolute atomic E-state index is 12.2. The van der Waals surface area contributed by atoms with Crippen LogP contribution in [0.15, 0.2) is 41.5 Å². The molecule has 1 heterocycles. The van der Waals surface area contributed by atoms with Gasteiger partial charge in [0.15, 0.2) is 0 Å². The number of hydrazone groups is 1. The molecule has 4 nitrogen and oxygen atoms in total. The second-order valence-electron chi connectivity index (χ2n) is 7.97. The van der Waals surface area contributed by atoms with E-state index in [9.17, 15) is 4.79 Å². The molecule has 1 unspecified atom stereocenters. The van der Waals surface area contributed by atoms with E-state index in [-0.39, 0.29) is 11.4 Å². The van der Waals surface area contributed by atoms with Crippen LogP contribution < -0.4 is 10.3 Å². The number of nitrogens with zero attached hydrogens (tertiary/aromatic N) is 2. The highest BCUT2D eigenvalue weighted by Gasteiger charge is 2.34. The summed E-state index contributed by atoms with van der Waals surface area (Å²) in [6.45, 7) is 8.71. The Morgan fingerprint density at radius 2 is 1.96 bits per heavy atom. The van der Waals surface area contributed by atoms with Gasteiger partial charge in [0.2, 0.25) is 0 Å². The molecular formula is C22H26ClN3O. The number of aryl methyl sites for hydroxylation is 1. The number of rotatable bonds is 3. The van der Waals surface area contributed by atoms with Gasteiger partial charge in [-0.1, -0.05) is 36.2 Å². The predicted molar refractivity (Wildman–Crippen MR) is 113 cm³/mol. The summed E-state index contributed by atoms with van der Waals surface area (Å²) in [5.41, 5.74) is 7.56. The van der Waals surface area contributed by atoms with Gasteiger partial charge in [0, 0.05) is 29.4 Å². The zero-order valence-corrected chi connectivity index (χ0v) is 17.3. The number of nitrogens with one attached hydrogen (secondary N) is 1. The smallest absolute Gasteiger partial charge is 0.271 e. The first kappa shape index (κ1) is 19.4. The first-order valence-electron chi connectivity index (χ1n) is 9.16. The van der Waals surface area contributed by atoms with Crippen molar-refractivity contribution >= 4 is 29.4 Å². The van der Waals surface area contributed by atoms with Crippen LogP contribution in [0.2, 0.25) is 5.02 Å². The van der Waals surface area contributed by atoms with Crippen molar-refractivity contribution in [2.24, 2.45) is 5.10 Å². The molecule has 0 aromatic heterocycles. The second kappa shape index (κ2) is 7.35. The highest BCUT2D eigenvalue weighted by molar-refractivity contribution is 6.33. The summed E-state index contributed by atoms with van der Waals surface area (Å²) in [5, 5.41) is 4.72. The van der Waals surface area contributed by atoms with Crippen molar-refractivity contribution in [1.29, 1.82) is 0 Å². The Morgan fingerprint density at radius 3 is 2.63 bits per heavy atom. The SMILES string of the molecule is Cc1ccc(C(=O)N/N=C/c2cc3c(cc2Cl)N(C)C(C)(C)CC3C)cc1. The Morgan fingerprint density at radius 1 is 1.30 bits per heavy atom. The van der Waals surface area contributed by atoms with E-state index in [4.69, 9.17) is 11.6 Å². The fourth-order valence-corrected chi connectivity index (χ4v) is 3.84. The topological polar surface area (TPSA) is 44.7 Å². The highest BCUT2D eigenvalue weighted by Crippen LogP contribution is 2.44. The van der Waals surface area contributed by atoms with E-state index < -0.39 is 0 Å². The Balaban J connectivity index is 1.80. The van der Waals surface area contributed by atoms with Crippen LogP contribution in [0.3, 0.4) is 0 Å². The fourth-order valence-electron chi connectivity index (χ4n) is 3.63. The number of fused-ring (bicyclic) bond motifs is 1. The third kappa shape index (κ3) is 4.01. The Labute approximate surface area is 166 Å². The van der Waals surface area contributed by atoms with Crippen molar-refractivity contribution in [1.82, 2.24) is 5.43 Å². The average molecular weight is 384 g/mol. The van der Waals surface area contributed by atoms with Crippen LogP contribution in [0.25, 0.3) is 0 Å². The molecule has 0 bridgehead atoms. The third-order valence-electron chi connectivity index (χ3n) is 5.44. The van der Waals surface area contributed by atoms with Crippen molar-refractivity contribution in [2.45, 2.75) is 45.6 Å². The molecule has 2 aromatic carbocycles. The summed E-state index contributed by atoms with van der Waals surface area (Å²) in [6.07, 6.45) is 2.68. The number of benzene rings is 2. The number of carbonyl (C=O) groups is 1. The molecule has 5 heteroatoms. The van der Waals surface area contributed by atoms with Gasteiger partial charge in [-0.3, -0.25) is 4.79 Å². The van der Waals surface area contributed by atoms with E-state index in [2.05, 4.69) is 49.3 Å². The van der Waals surface area contributed by atoms with Crippen molar-refractivity contribution in [3.05, 3.63) is 63.7 Å². The lowest BCUT2D eigenvalue weighted by Gasteiger charge is -2.45. The van der Waals surface area contributed by atoms with E-state index in [1.165, 1.54) is 5.56 Å². The summed E-state index contributed by atoms with van der Waals surface area (Å²) in [4.78, 5) is 14.5. The molecule has 27 heavy (non-hydrogen) atoms. The molecule has 2 aromatic rings. The monoisotopic (exact) mass is 383 g/mol. The third-order valence-corrected chi connectivity index (χ3v) is 5.76. The molecule has 1 atom stereocenters. The summed E-state index contributed by atoms with van der Waals surface area (Å²) in [7, 11) is 2.11. The van der Waals surface area contributed by atoms with Gasteiger partial charge in [0.25, 0.3) is 5.91 Å². The van der Waals surface area contributed by atoms with Gasteiger partial charge in [-0.15, -0.1) is 0 Å². The number of carbonyl (C=O) groups excluding carboxylic acids is 1. The van der Waals surface area contributed by atoms with Crippen LogP contribution in [-0.2, 0) is 0 Å². The van der Waals surface area contributed by atoms with Crippen molar-refractivity contribution in [3.63, 3.8) is 0 Å². The number of amides is 1. The number of hydrogen-bond acceptors (Lipinski definition) is 3. The molecule has 0 aliphatic carbocycles. The standard InChI is InChI=1S/C22H26ClN3O/c1-14-6-8-16(9-7-14)21(27)25-24-13-17-10-18-15(2)12-22(3,4)26(5)20(18)11-19(17)23/h6-11,13,15H,12H2,1-5H3,(H,25,27)/b24-13+. The number of hydrogen-bond donors (Lipinski definition) is 1. The number of anilines is 1. The molecule has 1 aliphatic rings. The number of halogens is 1. The van der Waals surface area contributed by atoms with Gasteiger partial charge in [-0.25, -0.2) is 5.43 Å². The van der Waals surface area contributed by atoms with Crippen LogP contribution in [0.4, 0.5) is 5.69 Å². The van der Waals surface area contributed by atoms with Crippen molar-refractivity contribution < 1.29 is 4.79 Å². The zero-order valence-electron chi connectivity index (χ0n) is 16.5. The van der Waals surface area contributed by atoms with Gasteiger partial charge in [0.05, 0.1) is 11.2 Å². The molecule has 3 rings (SSSR count). The Bertz CT molecular complexity index is 887. The molecule has 0 saturated heterocycles.